The lowest BCUT2D eigenvalue weighted by molar-refractivity contribution is -0.116. The largest absolute Gasteiger partial charge is 0.465 e. The Labute approximate surface area is 179 Å². The summed E-state index contributed by atoms with van der Waals surface area (Å²) in [5.74, 6) is -1.47. The van der Waals surface area contributed by atoms with Crippen LogP contribution in [0.25, 0.3) is 10.2 Å². The van der Waals surface area contributed by atoms with Crippen molar-refractivity contribution in [3.63, 3.8) is 0 Å². The molecule has 30 heavy (non-hydrogen) atoms. The number of thiophene rings is 2. The maximum Gasteiger partial charge on any atom is 0.348 e. The third-order valence-corrected chi connectivity index (χ3v) is 6.56. The lowest BCUT2D eigenvalue weighted by Gasteiger charge is -2.10. The molecule has 9 nitrogen and oxygen atoms in total. The second-order valence-electron chi connectivity index (χ2n) is 6.42. The highest BCUT2D eigenvalue weighted by molar-refractivity contribution is 7.19. The first-order valence-corrected chi connectivity index (χ1v) is 10.4. The minimum Gasteiger partial charge on any atom is -0.465 e. The number of methoxy groups -OCH3 is 2. The van der Waals surface area contributed by atoms with Crippen molar-refractivity contribution in [2.45, 2.75) is 27.3 Å². The Kier molecular flexibility index (Phi) is 6.04. The number of fused-ring (bicyclic) bond motifs is 1. The molecule has 0 aliphatic rings. The molecule has 0 bridgehead atoms. The van der Waals surface area contributed by atoms with Crippen LogP contribution in [0.4, 0.5) is 5.00 Å². The summed E-state index contributed by atoms with van der Waals surface area (Å²) in [6, 6.07) is 1.74. The standard InChI is InChI=1S/C19H19N3O6S2/c1-8-6-11-15(29-8)20-10(3)22(17(11)24)7-12(23)21-16-13(18(25)27-4)9(2)14(30-16)19(26)28-5/h6H,7H2,1-5H3,(H,21,23). The minimum atomic E-state index is -0.695. The highest BCUT2D eigenvalue weighted by atomic mass is 32.1. The van der Waals surface area contributed by atoms with Gasteiger partial charge in [-0.25, -0.2) is 14.6 Å². The average Bonchev–Trinajstić information content (AvgIpc) is 3.23. The molecule has 0 unspecified atom stereocenters. The summed E-state index contributed by atoms with van der Waals surface area (Å²) in [6.45, 7) is 4.79. The van der Waals surface area contributed by atoms with E-state index < -0.39 is 17.8 Å². The zero-order valence-electron chi connectivity index (χ0n) is 16.9. The molecule has 0 radical (unpaired) electrons. The Morgan fingerprint density at radius 2 is 1.77 bits per heavy atom. The fraction of sp³-hybridized carbons (Fsp3) is 0.316. The van der Waals surface area contributed by atoms with Crippen molar-refractivity contribution in [3.05, 3.63) is 43.1 Å². The lowest BCUT2D eigenvalue weighted by Crippen LogP contribution is -2.30. The van der Waals surface area contributed by atoms with Crippen LogP contribution in [0.5, 0.6) is 0 Å². The van der Waals surface area contributed by atoms with E-state index in [2.05, 4.69) is 10.3 Å². The van der Waals surface area contributed by atoms with Gasteiger partial charge in [0.25, 0.3) is 5.56 Å². The fourth-order valence-electron chi connectivity index (χ4n) is 2.97. The molecule has 1 amide bonds. The zero-order chi connectivity index (χ0) is 22.2. The van der Waals surface area contributed by atoms with Gasteiger partial charge in [-0.3, -0.25) is 14.2 Å². The van der Waals surface area contributed by atoms with Gasteiger partial charge in [0.15, 0.2) is 0 Å². The molecular formula is C19H19N3O6S2. The van der Waals surface area contributed by atoms with E-state index in [9.17, 15) is 19.2 Å². The van der Waals surface area contributed by atoms with E-state index in [0.717, 1.165) is 16.2 Å². The van der Waals surface area contributed by atoms with Gasteiger partial charge in [0, 0.05) is 4.88 Å². The number of aryl methyl sites for hydroxylation is 2. The van der Waals surface area contributed by atoms with Crippen molar-refractivity contribution in [2.24, 2.45) is 0 Å². The maximum atomic E-state index is 12.8. The number of esters is 2. The molecule has 0 saturated carbocycles. The Morgan fingerprint density at radius 1 is 1.10 bits per heavy atom. The lowest BCUT2D eigenvalue weighted by atomic mass is 10.1. The molecule has 158 valence electrons. The van der Waals surface area contributed by atoms with Crippen LogP contribution in [0.15, 0.2) is 10.9 Å². The molecule has 3 heterocycles. The van der Waals surface area contributed by atoms with E-state index in [0.29, 0.717) is 21.6 Å². The van der Waals surface area contributed by atoms with E-state index >= 15 is 0 Å². The monoisotopic (exact) mass is 449 g/mol. The Hall–Kier alpha value is -3.05. The number of nitrogens with one attached hydrogen (secondary N) is 1. The van der Waals surface area contributed by atoms with E-state index in [1.54, 1.807) is 19.9 Å². The average molecular weight is 450 g/mol. The number of carbonyl (C=O) groups is 3. The number of nitrogens with zero attached hydrogens (tertiary/aromatic N) is 2. The van der Waals surface area contributed by atoms with Gasteiger partial charge in [-0.05, 0) is 32.4 Å². The van der Waals surface area contributed by atoms with Crippen LogP contribution >= 0.6 is 22.7 Å². The van der Waals surface area contributed by atoms with Crippen LogP contribution in [0.2, 0.25) is 0 Å². The number of hydrogen-bond donors (Lipinski definition) is 1. The molecule has 3 aromatic heterocycles. The molecule has 3 aromatic rings. The maximum absolute atomic E-state index is 12.8. The SMILES string of the molecule is COC(=O)c1sc(NC(=O)Cn2c(C)nc3sc(C)cc3c2=O)c(C(=O)OC)c1C. The topological polar surface area (TPSA) is 117 Å². The minimum absolute atomic E-state index is 0.0716. The smallest absolute Gasteiger partial charge is 0.348 e. The van der Waals surface area contributed by atoms with Crippen molar-refractivity contribution < 1.29 is 23.9 Å². The van der Waals surface area contributed by atoms with Gasteiger partial charge >= 0.3 is 11.9 Å². The predicted molar refractivity (Wildman–Crippen MR) is 114 cm³/mol. The first kappa shape index (κ1) is 21.7. The number of hydrogen-bond acceptors (Lipinski definition) is 9. The summed E-state index contributed by atoms with van der Waals surface area (Å²) in [7, 11) is 2.43. The van der Waals surface area contributed by atoms with Crippen LogP contribution < -0.4 is 10.9 Å². The summed E-state index contributed by atoms with van der Waals surface area (Å²) >= 11 is 2.32. The number of aromatic nitrogens is 2. The molecule has 3 rings (SSSR count). The molecule has 0 saturated heterocycles. The van der Waals surface area contributed by atoms with Gasteiger partial charge in [-0.2, -0.15) is 0 Å². The van der Waals surface area contributed by atoms with Gasteiger partial charge in [0.1, 0.15) is 27.1 Å². The normalized spacial score (nSPS) is 10.8. The Balaban J connectivity index is 1.95. The van der Waals surface area contributed by atoms with Crippen LogP contribution in [-0.2, 0) is 20.8 Å². The molecule has 0 atom stereocenters. The van der Waals surface area contributed by atoms with E-state index in [-0.39, 0.29) is 27.5 Å². The molecule has 0 aliphatic carbocycles. The van der Waals surface area contributed by atoms with Crippen molar-refractivity contribution in [3.8, 4) is 0 Å². The predicted octanol–water partition coefficient (Wildman–Crippen LogP) is 2.66. The molecule has 1 N–H and O–H groups in total. The highest BCUT2D eigenvalue weighted by Crippen LogP contribution is 2.34. The number of rotatable bonds is 5. The number of amides is 1. The van der Waals surface area contributed by atoms with E-state index in [1.165, 1.54) is 30.1 Å². The van der Waals surface area contributed by atoms with Gasteiger partial charge in [-0.1, -0.05) is 0 Å². The quantitative estimate of drug-likeness (QED) is 0.595. The highest BCUT2D eigenvalue weighted by Gasteiger charge is 2.27. The number of carbonyl (C=O) groups excluding carboxylic acids is 3. The van der Waals surface area contributed by atoms with Crippen LogP contribution in [0.1, 0.15) is 36.3 Å². The zero-order valence-corrected chi connectivity index (χ0v) is 18.6. The van der Waals surface area contributed by atoms with Crippen molar-refractivity contribution in [2.75, 3.05) is 19.5 Å². The van der Waals surface area contributed by atoms with Gasteiger partial charge in [0.2, 0.25) is 5.91 Å². The molecule has 0 spiro atoms. The molecule has 0 aromatic carbocycles. The van der Waals surface area contributed by atoms with E-state index in [4.69, 9.17) is 9.47 Å². The number of ether oxygens (including phenoxy) is 2. The van der Waals surface area contributed by atoms with Crippen LogP contribution in [0.3, 0.4) is 0 Å². The molecular weight excluding hydrogens is 430 g/mol. The summed E-state index contributed by atoms with van der Waals surface area (Å²) in [6.07, 6.45) is 0. The van der Waals surface area contributed by atoms with Gasteiger partial charge < -0.3 is 14.8 Å². The van der Waals surface area contributed by atoms with Gasteiger partial charge in [-0.15, -0.1) is 22.7 Å². The van der Waals surface area contributed by atoms with Crippen LogP contribution in [-0.4, -0.2) is 41.6 Å². The summed E-state index contributed by atoms with van der Waals surface area (Å²) < 4.78 is 10.8. The summed E-state index contributed by atoms with van der Waals surface area (Å²) in [5.41, 5.74) is 0.101. The molecule has 0 fully saturated rings. The van der Waals surface area contributed by atoms with Gasteiger partial charge in [0.05, 0.1) is 25.2 Å². The molecule has 11 heteroatoms. The first-order chi connectivity index (χ1) is 14.2. The van der Waals surface area contributed by atoms with Crippen molar-refractivity contribution in [1.29, 1.82) is 0 Å². The number of anilines is 1. The Morgan fingerprint density at radius 3 is 2.40 bits per heavy atom. The second-order valence-corrected chi connectivity index (χ2v) is 8.67. The van der Waals surface area contributed by atoms with E-state index in [1.807, 2.05) is 6.92 Å². The second kappa shape index (κ2) is 8.36. The molecule has 0 aliphatic heterocycles. The third kappa shape index (κ3) is 3.85. The third-order valence-electron chi connectivity index (χ3n) is 4.43. The summed E-state index contributed by atoms with van der Waals surface area (Å²) in [4.78, 5) is 55.8. The van der Waals surface area contributed by atoms with Crippen molar-refractivity contribution in [1.82, 2.24) is 9.55 Å². The summed E-state index contributed by atoms with van der Waals surface area (Å²) in [5, 5.41) is 3.21. The van der Waals surface area contributed by atoms with Crippen LogP contribution in [0, 0.1) is 20.8 Å². The van der Waals surface area contributed by atoms with Crippen molar-refractivity contribution >= 4 is 55.7 Å². The first-order valence-electron chi connectivity index (χ1n) is 8.75. The Bertz CT molecular complexity index is 1240. The fourth-order valence-corrected chi connectivity index (χ4v) is 5.02.